The molecule has 1 atom stereocenters. The summed E-state index contributed by atoms with van der Waals surface area (Å²) >= 11 is 6.02. The Balaban J connectivity index is 2.15. The van der Waals surface area contributed by atoms with Gasteiger partial charge in [-0.2, -0.15) is 0 Å². The second-order valence-electron chi connectivity index (χ2n) is 4.10. The highest BCUT2D eigenvalue weighted by Crippen LogP contribution is 2.36. The second kappa shape index (κ2) is 3.48. The van der Waals surface area contributed by atoms with Crippen LogP contribution in [0.5, 0.6) is 0 Å². The quantitative estimate of drug-likeness (QED) is 0.831. The van der Waals surface area contributed by atoms with Gasteiger partial charge in [-0.1, -0.05) is 23.7 Å². The van der Waals surface area contributed by atoms with Gasteiger partial charge < -0.3 is 14.3 Å². The molecule has 1 aromatic carbocycles. The monoisotopic (exact) mass is 238 g/mol. The topological polar surface area (TPSA) is 42.6 Å². The summed E-state index contributed by atoms with van der Waals surface area (Å²) < 4.78 is 10.8. The molecule has 3 nitrogen and oxygen atoms in total. The van der Waals surface area contributed by atoms with Gasteiger partial charge in [-0.05, 0) is 12.1 Å². The normalized spacial score (nSPS) is 25.4. The minimum absolute atomic E-state index is 0.282. The van der Waals surface area contributed by atoms with E-state index in [1.165, 1.54) is 0 Å². The summed E-state index contributed by atoms with van der Waals surface area (Å²) in [6, 6.07) is 7.37. The van der Waals surface area contributed by atoms with Crippen molar-refractivity contribution in [3.05, 3.63) is 35.0 Å². The van der Waals surface area contributed by atoms with Crippen molar-refractivity contribution in [2.24, 2.45) is 0 Å². The molecule has 1 N–H and O–H groups in total. The van der Waals surface area contributed by atoms with Crippen LogP contribution in [0.2, 0.25) is 5.02 Å². The number of furan rings is 1. The third kappa shape index (κ3) is 1.44. The van der Waals surface area contributed by atoms with E-state index < -0.39 is 5.60 Å². The van der Waals surface area contributed by atoms with E-state index in [-0.39, 0.29) is 6.61 Å². The van der Waals surface area contributed by atoms with Crippen molar-refractivity contribution in [2.45, 2.75) is 12.0 Å². The average molecular weight is 239 g/mol. The number of fused-ring (bicyclic) bond motifs is 1. The minimum atomic E-state index is -0.998. The maximum Gasteiger partial charge on any atom is 0.153 e. The molecule has 0 aliphatic carbocycles. The number of halogens is 1. The standard InChI is InChI=1S/C12H11ClO3/c13-9-3-1-2-8-6-10(16-11(8)9)12(14)4-5-15-7-12/h1-3,6,14H,4-5,7H2. The fourth-order valence-electron chi connectivity index (χ4n) is 2.01. The van der Waals surface area contributed by atoms with Crippen molar-refractivity contribution in [1.82, 2.24) is 0 Å². The summed E-state index contributed by atoms with van der Waals surface area (Å²) in [6.45, 7) is 0.839. The zero-order valence-electron chi connectivity index (χ0n) is 8.57. The first-order chi connectivity index (χ1) is 7.69. The van der Waals surface area contributed by atoms with Crippen LogP contribution in [0.4, 0.5) is 0 Å². The number of benzene rings is 1. The Kier molecular flexibility index (Phi) is 2.21. The molecule has 84 valence electrons. The van der Waals surface area contributed by atoms with E-state index in [2.05, 4.69) is 0 Å². The molecule has 0 bridgehead atoms. The van der Waals surface area contributed by atoms with Gasteiger partial charge in [0.2, 0.25) is 0 Å². The molecule has 1 aliphatic heterocycles. The Morgan fingerprint density at radius 1 is 1.38 bits per heavy atom. The maximum atomic E-state index is 10.3. The Labute approximate surface area is 97.6 Å². The molecule has 1 fully saturated rings. The van der Waals surface area contributed by atoms with Gasteiger partial charge in [0.15, 0.2) is 5.58 Å². The molecule has 3 rings (SSSR count). The Hall–Kier alpha value is -1.03. The number of aliphatic hydroxyl groups is 1. The molecule has 2 aromatic rings. The lowest BCUT2D eigenvalue weighted by molar-refractivity contribution is 0.00579. The van der Waals surface area contributed by atoms with E-state index >= 15 is 0 Å². The van der Waals surface area contributed by atoms with Gasteiger partial charge in [0.05, 0.1) is 18.2 Å². The summed E-state index contributed by atoms with van der Waals surface area (Å²) in [5.74, 6) is 0.535. The summed E-state index contributed by atoms with van der Waals surface area (Å²) in [4.78, 5) is 0. The summed E-state index contributed by atoms with van der Waals surface area (Å²) in [5, 5.41) is 11.8. The van der Waals surface area contributed by atoms with E-state index in [0.29, 0.717) is 29.4 Å². The van der Waals surface area contributed by atoms with E-state index in [9.17, 15) is 5.11 Å². The number of hydrogen-bond acceptors (Lipinski definition) is 3. The highest BCUT2D eigenvalue weighted by Gasteiger charge is 2.37. The van der Waals surface area contributed by atoms with Crippen molar-refractivity contribution in [1.29, 1.82) is 0 Å². The fraction of sp³-hybridized carbons (Fsp3) is 0.333. The minimum Gasteiger partial charge on any atom is -0.456 e. The molecule has 0 saturated carbocycles. The lowest BCUT2D eigenvalue weighted by atomic mass is 10.0. The SMILES string of the molecule is OC1(c2cc3cccc(Cl)c3o2)CCOC1. The predicted molar refractivity (Wildman–Crippen MR) is 60.6 cm³/mol. The third-order valence-electron chi connectivity index (χ3n) is 2.96. The van der Waals surface area contributed by atoms with E-state index in [0.717, 1.165) is 5.39 Å². The van der Waals surface area contributed by atoms with E-state index in [1.807, 2.05) is 18.2 Å². The van der Waals surface area contributed by atoms with Crippen LogP contribution in [-0.2, 0) is 10.3 Å². The van der Waals surface area contributed by atoms with Crippen LogP contribution >= 0.6 is 11.6 Å². The van der Waals surface area contributed by atoms with Crippen LogP contribution in [0.25, 0.3) is 11.0 Å². The molecular formula is C12H11ClO3. The first kappa shape index (κ1) is 10.1. The molecule has 1 unspecified atom stereocenters. The maximum absolute atomic E-state index is 10.3. The van der Waals surface area contributed by atoms with Crippen LogP contribution in [-0.4, -0.2) is 18.3 Å². The van der Waals surface area contributed by atoms with Crippen LogP contribution in [0, 0.1) is 0 Å². The lowest BCUT2D eigenvalue weighted by Gasteiger charge is -2.16. The van der Waals surface area contributed by atoms with Gasteiger partial charge in [0, 0.05) is 11.8 Å². The van der Waals surface area contributed by atoms with Gasteiger partial charge in [0.25, 0.3) is 0 Å². The number of hydrogen-bond donors (Lipinski definition) is 1. The highest BCUT2D eigenvalue weighted by atomic mass is 35.5. The van der Waals surface area contributed by atoms with Crippen molar-refractivity contribution in [3.63, 3.8) is 0 Å². The van der Waals surface area contributed by atoms with E-state index in [4.69, 9.17) is 20.8 Å². The molecule has 1 aliphatic rings. The number of para-hydroxylation sites is 1. The summed E-state index contributed by atoms with van der Waals surface area (Å²) in [5.41, 5.74) is -0.373. The van der Waals surface area contributed by atoms with Crippen molar-refractivity contribution < 1.29 is 14.3 Å². The molecule has 0 radical (unpaired) electrons. The van der Waals surface area contributed by atoms with Gasteiger partial charge in [0.1, 0.15) is 11.4 Å². The lowest BCUT2D eigenvalue weighted by Crippen LogP contribution is -2.24. The van der Waals surface area contributed by atoms with Crippen LogP contribution in [0.3, 0.4) is 0 Å². The molecular weight excluding hydrogens is 228 g/mol. The van der Waals surface area contributed by atoms with Crippen molar-refractivity contribution >= 4 is 22.6 Å². The third-order valence-corrected chi connectivity index (χ3v) is 3.25. The zero-order chi connectivity index (χ0) is 11.2. The van der Waals surface area contributed by atoms with Crippen molar-refractivity contribution in [2.75, 3.05) is 13.2 Å². The first-order valence-electron chi connectivity index (χ1n) is 5.18. The molecule has 1 saturated heterocycles. The number of ether oxygens (including phenoxy) is 1. The fourth-order valence-corrected chi connectivity index (χ4v) is 2.23. The molecule has 1 aromatic heterocycles. The largest absolute Gasteiger partial charge is 0.456 e. The smallest absolute Gasteiger partial charge is 0.153 e. The Morgan fingerprint density at radius 3 is 2.94 bits per heavy atom. The molecule has 0 amide bonds. The van der Waals surface area contributed by atoms with Crippen molar-refractivity contribution in [3.8, 4) is 0 Å². The summed E-state index contributed by atoms with van der Waals surface area (Å²) in [6.07, 6.45) is 0.560. The van der Waals surface area contributed by atoms with Gasteiger partial charge >= 0.3 is 0 Å². The van der Waals surface area contributed by atoms with Gasteiger partial charge in [-0.3, -0.25) is 0 Å². The van der Waals surface area contributed by atoms with E-state index in [1.54, 1.807) is 6.07 Å². The Bertz CT molecular complexity index is 526. The molecule has 4 heteroatoms. The average Bonchev–Trinajstić information content (AvgIpc) is 2.85. The van der Waals surface area contributed by atoms with Gasteiger partial charge in [-0.15, -0.1) is 0 Å². The number of rotatable bonds is 1. The molecule has 16 heavy (non-hydrogen) atoms. The highest BCUT2D eigenvalue weighted by molar-refractivity contribution is 6.34. The van der Waals surface area contributed by atoms with Crippen LogP contribution in [0.1, 0.15) is 12.2 Å². The van der Waals surface area contributed by atoms with Crippen LogP contribution < -0.4 is 0 Å². The molecule has 0 spiro atoms. The summed E-state index contributed by atoms with van der Waals surface area (Å²) in [7, 11) is 0. The predicted octanol–water partition coefficient (Wildman–Crippen LogP) is 2.69. The first-order valence-corrected chi connectivity index (χ1v) is 5.55. The molecule has 2 heterocycles. The zero-order valence-corrected chi connectivity index (χ0v) is 9.33. The van der Waals surface area contributed by atoms with Crippen LogP contribution in [0.15, 0.2) is 28.7 Å². The second-order valence-corrected chi connectivity index (χ2v) is 4.51. The van der Waals surface area contributed by atoms with Gasteiger partial charge in [-0.25, -0.2) is 0 Å². The Morgan fingerprint density at radius 2 is 2.25 bits per heavy atom.